The Bertz CT molecular complexity index is 569. The lowest BCUT2D eigenvalue weighted by molar-refractivity contribution is 0.306. The van der Waals surface area contributed by atoms with Crippen LogP contribution in [0.1, 0.15) is 0 Å². The largest absolute Gasteiger partial charge is 0.486 e. The Balaban J connectivity index is 2.23. The van der Waals surface area contributed by atoms with Gasteiger partial charge in [0.05, 0.1) is 0 Å². The topological polar surface area (TPSA) is 67.8 Å². The van der Waals surface area contributed by atoms with Crippen molar-refractivity contribution in [3.05, 3.63) is 40.9 Å². The van der Waals surface area contributed by atoms with Crippen molar-refractivity contribution in [2.45, 2.75) is 0 Å². The molecule has 2 aromatic carbocycles. The molecule has 0 aliphatic carbocycles. The minimum absolute atomic E-state index is 0.0425. The molecule has 0 spiro atoms. The van der Waals surface area contributed by atoms with Gasteiger partial charge in [0.25, 0.3) is 0 Å². The van der Waals surface area contributed by atoms with E-state index in [4.69, 9.17) is 15.7 Å². The van der Waals surface area contributed by atoms with Crippen LogP contribution in [0.5, 0.6) is 5.75 Å². The first kappa shape index (κ1) is 11.7. The van der Waals surface area contributed by atoms with Gasteiger partial charge in [-0.3, -0.25) is 0 Å². The summed E-state index contributed by atoms with van der Waals surface area (Å²) in [5, 5.41) is 13.4. The average Bonchev–Trinajstić information content (AvgIpc) is 2.35. The van der Waals surface area contributed by atoms with E-state index in [0.29, 0.717) is 5.75 Å². The molecule has 0 amide bonds. The van der Waals surface area contributed by atoms with Crippen molar-refractivity contribution in [1.29, 1.82) is 0 Å². The Morgan fingerprint density at radius 1 is 1.24 bits per heavy atom. The number of hydrogen-bond donors (Lipinski definition) is 2. The average molecular weight is 295 g/mol. The summed E-state index contributed by atoms with van der Waals surface area (Å²) in [6, 6.07) is 11.7. The second-order valence-electron chi connectivity index (χ2n) is 3.53. The van der Waals surface area contributed by atoms with E-state index in [2.05, 4.69) is 21.1 Å². The summed E-state index contributed by atoms with van der Waals surface area (Å²) in [7, 11) is 0. The first-order valence-corrected chi connectivity index (χ1v) is 5.77. The van der Waals surface area contributed by atoms with E-state index < -0.39 is 0 Å². The second-order valence-corrected chi connectivity index (χ2v) is 4.45. The van der Waals surface area contributed by atoms with E-state index in [1.165, 1.54) is 0 Å². The fraction of sp³-hybridized carbons (Fsp3) is 0.0833. The van der Waals surface area contributed by atoms with E-state index >= 15 is 0 Å². The zero-order valence-corrected chi connectivity index (χ0v) is 10.5. The highest BCUT2D eigenvalue weighted by molar-refractivity contribution is 9.10. The van der Waals surface area contributed by atoms with Crippen molar-refractivity contribution < 1.29 is 9.94 Å². The van der Waals surface area contributed by atoms with Crippen molar-refractivity contribution in [1.82, 2.24) is 0 Å². The molecule has 0 aromatic heterocycles. The number of fused-ring (bicyclic) bond motifs is 1. The SMILES string of the molecule is N/C(COc1ccc2cc(Br)ccc2c1)=N\O. The summed E-state index contributed by atoms with van der Waals surface area (Å²) < 4.78 is 6.41. The van der Waals surface area contributed by atoms with Crippen molar-refractivity contribution in [3.8, 4) is 5.75 Å². The van der Waals surface area contributed by atoms with Crippen LogP contribution in [-0.4, -0.2) is 17.6 Å². The molecule has 0 atom stereocenters. The highest BCUT2D eigenvalue weighted by Crippen LogP contribution is 2.23. The van der Waals surface area contributed by atoms with E-state index in [0.717, 1.165) is 15.2 Å². The Morgan fingerprint density at radius 3 is 2.71 bits per heavy atom. The third-order valence-electron chi connectivity index (χ3n) is 2.29. The zero-order valence-electron chi connectivity index (χ0n) is 8.93. The predicted molar refractivity (Wildman–Crippen MR) is 70.6 cm³/mol. The number of oxime groups is 1. The van der Waals surface area contributed by atoms with Crippen LogP contribution < -0.4 is 10.5 Å². The number of rotatable bonds is 3. The molecule has 4 nitrogen and oxygen atoms in total. The van der Waals surface area contributed by atoms with Crippen molar-refractivity contribution in [2.24, 2.45) is 10.9 Å². The maximum absolute atomic E-state index is 8.39. The van der Waals surface area contributed by atoms with Gasteiger partial charge in [-0.1, -0.05) is 33.2 Å². The van der Waals surface area contributed by atoms with Crippen molar-refractivity contribution >= 4 is 32.5 Å². The number of nitrogens with two attached hydrogens (primary N) is 1. The lowest BCUT2D eigenvalue weighted by Gasteiger charge is -2.06. The summed E-state index contributed by atoms with van der Waals surface area (Å²) in [6.45, 7) is 0.0680. The third-order valence-corrected chi connectivity index (χ3v) is 2.78. The Kier molecular flexibility index (Phi) is 3.49. The summed E-state index contributed by atoms with van der Waals surface area (Å²) in [5.41, 5.74) is 5.32. The number of halogens is 1. The minimum Gasteiger partial charge on any atom is -0.486 e. The van der Waals surface area contributed by atoms with Crippen molar-refractivity contribution in [3.63, 3.8) is 0 Å². The number of hydrogen-bond acceptors (Lipinski definition) is 3. The molecule has 0 saturated heterocycles. The van der Waals surface area contributed by atoms with E-state index in [1.54, 1.807) is 0 Å². The van der Waals surface area contributed by atoms with Gasteiger partial charge < -0.3 is 15.7 Å². The number of nitrogens with zero attached hydrogens (tertiary/aromatic N) is 1. The first-order chi connectivity index (χ1) is 8.19. The van der Waals surface area contributed by atoms with E-state index in [-0.39, 0.29) is 12.4 Å². The van der Waals surface area contributed by atoms with Crippen LogP contribution in [0.25, 0.3) is 10.8 Å². The van der Waals surface area contributed by atoms with Gasteiger partial charge in [0.15, 0.2) is 5.84 Å². The van der Waals surface area contributed by atoms with Gasteiger partial charge in [-0.15, -0.1) is 0 Å². The summed E-state index contributed by atoms with van der Waals surface area (Å²) >= 11 is 3.42. The molecule has 0 saturated carbocycles. The van der Waals surface area contributed by atoms with Gasteiger partial charge in [0.1, 0.15) is 12.4 Å². The Hall–Kier alpha value is -1.75. The molecule has 88 valence electrons. The highest BCUT2D eigenvalue weighted by atomic mass is 79.9. The van der Waals surface area contributed by atoms with Crippen LogP contribution in [0.4, 0.5) is 0 Å². The lowest BCUT2D eigenvalue weighted by Crippen LogP contribution is -2.20. The van der Waals surface area contributed by atoms with Crippen LogP contribution in [0, 0.1) is 0 Å². The van der Waals surface area contributed by atoms with Crippen molar-refractivity contribution in [2.75, 3.05) is 6.61 Å². The highest BCUT2D eigenvalue weighted by Gasteiger charge is 2.00. The summed E-state index contributed by atoms with van der Waals surface area (Å²) in [6.07, 6.45) is 0. The molecular weight excluding hydrogens is 284 g/mol. The summed E-state index contributed by atoms with van der Waals surface area (Å²) in [4.78, 5) is 0. The van der Waals surface area contributed by atoms with Crippen LogP contribution in [0.3, 0.4) is 0 Å². The molecule has 0 aliphatic heterocycles. The molecule has 2 aromatic rings. The van der Waals surface area contributed by atoms with Crippen LogP contribution in [-0.2, 0) is 0 Å². The van der Waals surface area contributed by atoms with Crippen LogP contribution >= 0.6 is 15.9 Å². The molecule has 0 fully saturated rings. The Morgan fingerprint density at radius 2 is 1.94 bits per heavy atom. The van der Waals surface area contributed by atoms with Gasteiger partial charge in [0, 0.05) is 4.47 Å². The predicted octanol–water partition coefficient (Wildman–Crippen LogP) is 2.73. The monoisotopic (exact) mass is 294 g/mol. The molecule has 17 heavy (non-hydrogen) atoms. The first-order valence-electron chi connectivity index (χ1n) is 4.97. The summed E-state index contributed by atoms with van der Waals surface area (Å²) in [5.74, 6) is 0.729. The standard InChI is InChI=1S/C12H11BrN2O2/c13-10-3-1-9-6-11(4-2-8(9)5-10)17-7-12(14)15-16/h1-6,16H,7H2,(H2,14,15). The molecule has 2 rings (SSSR count). The molecule has 5 heteroatoms. The normalized spacial score (nSPS) is 11.7. The Labute approximate surface area is 107 Å². The van der Waals surface area contributed by atoms with Crippen LogP contribution in [0.2, 0.25) is 0 Å². The zero-order chi connectivity index (χ0) is 12.3. The maximum Gasteiger partial charge on any atom is 0.177 e. The van der Waals surface area contributed by atoms with Gasteiger partial charge in [-0.25, -0.2) is 0 Å². The molecular formula is C12H11BrN2O2. The fourth-order valence-electron chi connectivity index (χ4n) is 1.47. The number of amidine groups is 1. The third kappa shape index (κ3) is 2.88. The quantitative estimate of drug-likeness (QED) is 0.396. The molecule has 3 N–H and O–H groups in total. The lowest BCUT2D eigenvalue weighted by atomic mass is 10.1. The smallest absolute Gasteiger partial charge is 0.177 e. The molecule has 0 unspecified atom stereocenters. The van der Waals surface area contributed by atoms with Gasteiger partial charge in [-0.2, -0.15) is 0 Å². The molecule has 0 heterocycles. The van der Waals surface area contributed by atoms with Crippen LogP contribution in [0.15, 0.2) is 46.0 Å². The van der Waals surface area contributed by atoms with Gasteiger partial charge in [0.2, 0.25) is 0 Å². The van der Waals surface area contributed by atoms with E-state index in [9.17, 15) is 0 Å². The van der Waals surface area contributed by atoms with Gasteiger partial charge >= 0.3 is 0 Å². The minimum atomic E-state index is 0.0425. The molecule has 0 radical (unpaired) electrons. The fourth-order valence-corrected chi connectivity index (χ4v) is 1.85. The number of benzene rings is 2. The van der Waals surface area contributed by atoms with Gasteiger partial charge in [-0.05, 0) is 35.0 Å². The maximum atomic E-state index is 8.39. The van der Waals surface area contributed by atoms with E-state index in [1.807, 2.05) is 36.4 Å². The second kappa shape index (κ2) is 5.05. The molecule has 0 aliphatic rings. The molecule has 0 bridgehead atoms. The number of ether oxygens (including phenoxy) is 1.